The molecule has 10 heteroatoms. The quantitative estimate of drug-likeness (QED) is 0.271. The number of carbonyl (C=O) groups is 3. The Morgan fingerprint density at radius 3 is 2.33 bits per heavy atom. The number of fused-ring (bicyclic) bond motifs is 1. The van der Waals surface area contributed by atoms with Gasteiger partial charge in [0.1, 0.15) is 11.6 Å². The smallest absolute Gasteiger partial charge is 0.253 e. The lowest BCUT2D eigenvalue weighted by atomic mass is 9.70. The number of anilines is 2. The zero-order chi connectivity index (χ0) is 29.2. The predicted octanol–water partition coefficient (Wildman–Crippen LogP) is 2.83. The second-order valence-corrected chi connectivity index (χ2v) is 11.9. The van der Waals surface area contributed by atoms with Crippen LogP contribution in [0, 0.1) is 11.8 Å². The van der Waals surface area contributed by atoms with E-state index in [9.17, 15) is 19.5 Å². The molecule has 1 N–H and O–H groups in total. The van der Waals surface area contributed by atoms with E-state index >= 15 is 0 Å². The number of hydrogen-bond acceptors (Lipinski definition) is 6. The number of likely N-dealkylation sites (tertiary alicyclic amines) is 1. The maximum atomic E-state index is 14.5. The maximum Gasteiger partial charge on any atom is 0.253 e. The number of ether oxygens (including phenoxy) is 1. The number of aliphatic hydroxyl groups excluding tert-OH is 1. The summed E-state index contributed by atoms with van der Waals surface area (Å²) >= 11 is 3.71. The number of benzene rings is 1. The Hall–Kier alpha value is -2.69. The van der Waals surface area contributed by atoms with E-state index < -0.39 is 29.6 Å². The number of aliphatic hydroxyl groups is 1. The summed E-state index contributed by atoms with van der Waals surface area (Å²) in [5.74, 6) is -2.24. The highest BCUT2D eigenvalue weighted by Gasteiger charge is 2.76. The summed E-state index contributed by atoms with van der Waals surface area (Å²) in [5, 5.41) is 9.61. The van der Waals surface area contributed by atoms with Crippen molar-refractivity contribution in [2.75, 3.05) is 56.2 Å². The first-order chi connectivity index (χ1) is 19.2. The zero-order valence-electron chi connectivity index (χ0n) is 23.7. The molecule has 3 fully saturated rings. The summed E-state index contributed by atoms with van der Waals surface area (Å²) in [6.45, 7) is 14.2. The summed E-state index contributed by atoms with van der Waals surface area (Å²) in [4.78, 5) is 49.0. The Morgan fingerprint density at radius 1 is 1.12 bits per heavy atom. The summed E-state index contributed by atoms with van der Waals surface area (Å²) in [5.41, 5.74) is 0.596. The van der Waals surface area contributed by atoms with Crippen molar-refractivity contribution in [1.82, 2.24) is 9.80 Å². The molecule has 0 saturated carbocycles. The van der Waals surface area contributed by atoms with E-state index in [0.717, 1.165) is 18.8 Å². The molecule has 3 unspecified atom stereocenters. The third-order valence-corrected chi connectivity index (χ3v) is 9.36. The van der Waals surface area contributed by atoms with E-state index in [1.165, 1.54) is 0 Å². The molecule has 1 aromatic carbocycles. The Balaban J connectivity index is 1.75. The number of likely N-dealkylation sites (N-methyl/N-ethyl adjacent to an activating group) is 1. The van der Waals surface area contributed by atoms with Crippen LogP contribution in [0.5, 0.6) is 0 Å². The molecule has 6 atom stereocenters. The van der Waals surface area contributed by atoms with E-state index in [1.807, 2.05) is 24.3 Å². The van der Waals surface area contributed by atoms with Crippen molar-refractivity contribution >= 4 is 45.0 Å². The van der Waals surface area contributed by atoms with Crippen LogP contribution in [0.4, 0.5) is 11.4 Å². The number of carbonyl (C=O) groups excluding carboxylic acids is 3. The van der Waals surface area contributed by atoms with Gasteiger partial charge in [-0.2, -0.15) is 0 Å². The van der Waals surface area contributed by atoms with Gasteiger partial charge in [-0.05, 0) is 51.0 Å². The number of amides is 3. The van der Waals surface area contributed by atoms with Crippen molar-refractivity contribution in [2.45, 2.75) is 49.3 Å². The standard InChI is InChI=1S/C30H41BrN4O5/c1-6-15-32(5)27(37)23-24-28(38)35(17-10-18-36)26(30(24)19-22(31)25(23)40-30)29(39)34(16-7-2)21-13-11-20(12-14-21)33(8-3)9-4/h6-7,11-14,22-26,36H,1-2,8-10,15-19H2,3-5H3/t22?,23-,24-,25-,26?,30?/m0/s1. The lowest BCUT2D eigenvalue weighted by Crippen LogP contribution is -2.57. The highest BCUT2D eigenvalue weighted by molar-refractivity contribution is 9.09. The summed E-state index contributed by atoms with van der Waals surface area (Å²) in [7, 11) is 1.69. The van der Waals surface area contributed by atoms with Crippen LogP contribution >= 0.6 is 15.9 Å². The summed E-state index contributed by atoms with van der Waals surface area (Å²) < 4.78 is 6.59. The second kappa shape index (κ2) is 12.4. The minimum Gasteiger partial charge on any atom is -0.396 e. The van der Waals surface area contributed by atoms with Crippen molar-refractivity contribution in [3.63, 3.8) is 0 Å². The minimum atomic E-state index is -1.15. The molecule has 3 aliphatic rings. The van der Waals surface area contributed by atoms with Crippen molar-refractivity contribution in [2.24, 2.45) is 11.8 Å². The Labute approximate surface area is 245 Å². The third-order valence-electron chi connectivity index (χ3n) is 8.51. The third kappa shape index (κ3) is 4.99. The van der Waals surface area contributed by atoms with Crippen LogP contribution in [-0.2, 0) is 19.1 Å². The first-order valence-electron chi connectivity index (χ1n) is 14.1. The maximum absolute atomic E-state index is 14.5. The molecule has 4 rings (SSSR count). The van der Waals surface area contributed by atoms with Gasteiger partial charge in [-0.15, -0.1) is 13.2 Å². The molecule has 218 valence electrons. The van der Waals surface area contributed by atoms with E-state index in [1.54, 1.807) is 33.9 Å². The fourth-order valence-corrected chi connectivity index (χ4v) is 7.68. The number of rotatable bonds is 13. The van der Waals surface area contributed by atoms with Gasteiger partial charge >= 0.3 is 0 Å². The van der Waals surface area contributed by atoms with Crippen LogP contribution in [-0.4, -0.2) is 102 Å². The van der Waals surface area contributed by atoms with Crippen molar-refractivity contribution in [3.8, 4) is 0 Å². The van der Waals surface area contributed by atoms with E-state index in [0.29, 0.717) is 25.1 Å². The molecule has 1 aromatic rings. The minimum absolute atomic E-state index is 0.124. The fourth-order valence-electron chi connectivity index (χ4n) is 6.74. The largest absolute Gasteiger partial charge is 0.396 e. The SMILES string of the molecule is C=CCN(C)C(=O)[C@H]1[C@H]2C(=O)N(CCCO)C(C(=O)N(CC=C)c3ccc(N(CC)CC)cc3)C23CC(Br)[C@@H]1O3. The number of nitrogens with zero attached hydrogens (tertiary/aromatic N) is 4. The highest BCUT2D eigenvalue weighted by atomic mass is 79.9. The van der Waals surface area contributed by atoms with Crippen molar-refractivity contribution in [3.05, 3.63) is 49.6 Å². The monoisotopic (exact) mass is 616 g/mol. The second-order valence-electron chi connectivity index (χ2n) is 10.7. The van der Waals surface area contributed by atoms with Gasteiger partial charge in [0, 0.05) is 62.6 Å². The Kier molecular flexibility index (Phi) is 9.42. The highest BCUT2D eigenvalue weighted by Crippen LogP contribution is 2.60. The lowest BCUT2D eigenvalue weighted by molar-refractivity contribution is -0.144. The van der Waals surface area contributed by atoms with Gasteiger partial charge in [0.05, 0.1) is 17.9 Å². The van der Waals surface area contributed by atoms with Crippen molar-refractivity contribution < 1.29 is 24.2 Å². The van der Waals surface area contributed by atoms with E-state index in [2.05, 4.69) is 47.8 Å². The molecular weight excluding hydrogens is 576 g/mol. The molecule has 0 radical (unpaired) electrons. The lowest BCUT2D eigenvalue weighted by Gasteiger charge is -2.37. The molecule has 3 heterocycles. The normalized spacial score (nSPS) is 28.4. The number of hydrogen-bond donors (Lipinski definition) is 1. The van der Waals surface area contributed by atoms with Crippen LogP contribution in [0.2, 0.25) is 0 Å². The van der Waals surface area contributed by atoms with E-state index in [-0.39, 0.29) is 42.2 Å². The average molecular weight is 618 g/mol. The van der Waals surface area contributed by atoms with Gasteiger partial charge in [0.2, 0.25) is 11.8 Å². The fraction of sp³-hybridized carbons (Fsp3) is 0.567. The molecule has 0 aliphatic carbocycles. The van der Waals surface area contributed by atoms with Crippen LogP contribution in [0.3, 0.4) is 0 Å². The number of alkyl halides is 1. The van der Waals surface area contributed by atoms with Gasteiger partial charge in [-0.3, -0.25) is 14.4 Å². The van der Waals surface area contributed by atoms with Gasteiger partial charge < -0.3 is 29.4 Å². The molecule has 2 bridgehead atoms. The number of halogens is 1. The topological polar surface area (TPSA) is 93.6 Å². The van der Waals surface area contributed by atoms with Gasteiger partial charge in [0.25, 0.3) is 5.91 Å². The zero-order valence-corrected chi connectivity index (χ0v) is 25.3. The summed E-state index contributed by atoms with van der Waals surface area (Å²) in [6, 6.07) is 6.87. The van der Waals surface area contributed by atoms with Crippen molar-refractivity contribution in [1.29, 1.82) is 0 Å². The summed E-state index contributed by atoms with van der Waals surface area (Å²) in [6.07, 6.45) is 3.52. The molecule has 3 amide bonds. The van der Waals surface area contributed by atoms with E-state index in [4.69, 9.17) is 4.74 Å². The average Bonchev–Trinajstić information content (AvgIpc) is 3.54. The van der Waals surface area contributed by atoms with Gasteiger partial charge in [-0.25, -0.2) is 0 Å². The molecule has 9 nitrogen and oxygen atoms in total. The Morgan fingerprint density at radius 2 is 1.75 bits per heavy atom. The molecule has 3 saturated heterocycles. The molecule has 40 heavy (non-hydrogen) atoms. The predicted molar refractivity (Wildman–Crippen MR) is 160 cm³/mol. The molecule has 3 aliphatic heterocycles. The van der Waals surface area contributed by atoms with Crippen LogP contribution in [0.15, 0.2) is 49.6 Å². The van der Waals surface area contributed by atoms with Crippen LogP contribution in [0.25, 0.3) is 0 Å². The molecular formula is C30H41BrN4O5. The molecule has 1 spiro atoms. The molecule has 0 aromatic heterocycles. The first kappa shape index (κ1) is 30.3. The van der Waals surface area contributed by atoms with Crippen LogP contribution in [0.1, 0.15) is 26.7 Å². The Bertz CT molecular complexity index is 1130. The first-order valence-corrected chi connectivity index (χ1v) is 15.0. The van der Waals surface area contributed by atoms with Crippen LogP contribution < -0.4 is 9.80 Å². The van der Waals surface area contributed by atoms with Gasteiger partial charge in [0.15, 0.2) is 0 Å². The van der Waals surface area contributed by atoms with Gasteiger partial charge in [-0.1, -0.05) is 28.1 Å².